The average molecular weight is 286 g/mol. The molecule has 1 heteroatoms. The lowest BCUT2D eigenvalue weighted by molar-refractivity contribution is -0.0688. The van der Waals surface area contributed by atoms with Gasteiger partial charge in [-0.3, -0.25) is 0 Å². The van der Waals surface area contributed by atoms with E-state index >= 15 is 0 Å². The molecule has 1 nitrogen and oxygen atoms in total. The van der Waals surface area contributed by atoms with E-state index in [9.17, 15) is 5.11 Å². The first-order valence-corrected chi connectivity index (χ1v) is 8.98. The van der Waals surface area contributed by atoms with E-state index < -0.39 is 0 Å². The average Bonchev–Trinajstić information content (AvgIpc) is 2.56. The normalized spacial score (nSPS) is 37.3. The highest BCUT2D eigenvalue weighted by molar-refractivity contribution is 5.20. The van der Waals surface area contributed by atoms with Gasteiger partial charge >= 0.3 is 0 Å². The SMILES string of the molecule is CCC1CCC(C2(O)CCC(c3ccccc3)CC2)CC1. The molecule has 2 saturated carbocycles. The topological polar surface area (TPSA) is 20.2 Å². The predicted molar refractivity (Wildman–Crippen MR) is 88.3 cm³/mol. The second-order valence-corrected chi connectivity index (χ2v) is 7.41. The number of benzene rings is 1. The fourth-order valence-corrected chi connectivity index (χ4v) is 4.69. The van der Waals surface area contributed by atoms with Crippen molar-refractivity contribution in [1.29, 1.82) is 0 Å². The van der Waals surface area contributed by atoms with Crippen LogP contribution in [-0.4, -0.2) is 10.7 Å². The molecule has 21 heavy (non-hydrogen) atoms. The summed E-state index contributed by atoms with van der Waals surface area (Å²) >= 11 is 0. The van der Waals surface area contributed by atoms with Gasteiger partial charge in [-0.25, -0.2) is 0 Å². The summed E-state index contributed by atoms with van der Waals surface area (Å²) in [6.45, 7) is 2.31. The first kappa shape index (κ1) is 15.1. The summed E-state index contributed by atoms with van der Waals surface area (Å²) in [6, 6.07) is 10.9. The van der Waals surface area contributed by atoms with Crippen molar-refractivity contribution in [2.24, 2.45) is 11.8 Å². The number of rotatable bonds is 3. The molecular formula is C20H30O. The molecule has 1 aromatic carbocycles. The van der Waals surface area contributed by atoms with Crippen molar-refractivity contribution in [3.8, 4) is 0 Å². The second-order valence-electron chi connectivity index (χ2n) is 7.41. The Morgan fingerprint density at radius 3 is 2.14 bits per heavy atom. The van der Waals surface area contributed by atoms with E-state index in [4.69, 9.17) is 0 Å². The lowest BCUT2D eigenvalue weighted by Crippen LogP contribution is -2.42. The third-order valence-corrected chi connectivity index (χ3v) is 6.31. The van der Waals surface area contributed by atoms with E-state index in [1.54, 1.807) is 0 Å². The zero-order chi connectivity index (χ0) is 14.7. The van der Waals surface area contributed by atoms with E-state index in [0.717, 1.165) is 31.6 Å². The zero-order valence-corrected chi connectivity index (χ0v) is 13.4. The molecule has 0 amide bonds. The highest BCUT2D eigenvalue weighted by atomic mass is 16.3. The monoisotopic (exact) mass is 286 g/mol. The van der Waals surface area contributed by atoms with Crippen molar-refractivity contribution < 1.29 is 5.11 Å². The fraction of sp³-hybridized carbons (Fsp3) is 0.700. The number of hydrogen-bond acceptors (Lipinski definition) is 1. The first-order valence-electron chi connectivity index (χ1n) is 8.98. The summed E-state index contributed by atoms with van der Waals surface area (Å²) < 4.78 is 0. The summed E-state index contributed by atoms with van der Waals surface area (Å²) in [5.41, 5.74) is 1.11. The molecule has 0 heterocycles. The van der Waals surface area contributed by atoms with Crippen LogP contribution in [-0.2, 0) is 0 Å². The summed E-state index contributed by atoms with van der Waals surface area (Å²) in [7, 11) is 0. The Hall–Kier alpha value is -0.820. The van der Waals surface area contributed by atoms with Crippen LogP contribution < -0.4 is 0 Å². The molecule has 0 aromatic heterocycles. The summed E-state index contributed by atoms with van der Waals surface area (Å²) in [4.78, 5) is 0. The summed E-state index contributed by atoms with van der Waals surface area (Å²) in [5, 5.41) is 11.1. The molecular weight excluding hydrogens is 256 g/mol. The van der Waals surface area contributed by atoms with Crippen LogP contribution in [0, 0.1) is 11.8 Å². The van der Waals surface area contributed by atoms with Gasteiger partial charge in [0, 0.05) is 0 Å². The molecule has 2 fully saturated rings. The van der Waals surface area contributed by atoms with Crippen molar-refractivity contribution in [2.75, 3.05) is 0 Å². The molecule has 0 atom stereocenters. The maximum absolute atomic E-state index is 11.1. The highest BCUT2D eigenvalue weighted by Gasteiger charge is 2.41. The predicted octanol–water partition coefficient (Wildman–Crippen LogP) is 5.29. The summed E-state index contributed by atoms with van der Waals surface area (Å²) in [6.07, 6.45) is 10.8. The van der Waals surface area contributed by atoms with Crippen LogP contribution in [0.5, 0.6) is 0 Å². The Morgan fingerprint density at radius 2 is 1.57 bits per heavy atom. The zero-order valence-electron chi connectivity index (χ0n) is 13.4. The lowest BCUT2D eigenvalue weighted by Gasteiger charge is -2.44. The fourth-order valence-electron chi connectivity index (χ4n) is 4.69. The van der Waals surface area contributed by atoms with Gasteiger partial charge < -0.3 is 5.11 Å². The smallest absolute Gasteiger partial charge is 0.0676 e. The second kappa shape index (κ2) is 6.52. The largest absolute Gasteiger partial charge is 0.390 e. The van der Waals surface area contributed by atoms with E-state index in [1.165, 1.54) is 37.7 Å². The van der Waals surface area contributed by atoms with Gasteiger partial charge in [-0.05, 0) is 61.8 Å². The Bertz CT molecular complexity index is 422. The Kier molecular flexibility index (Phi) is 4.69. The Labute approximate surface area is 129 Å². The third-order valence-electron chi connectivity index (χ3n) is 6.31. The molecule has 2 aliphatic carbocycles. The maximum atomic E-state index is 11.1. The quantitative estimate of drug-likeness (QED) is 0.800. The first-order chi connectivity index (χ1) is 10.2. The molecule has 1 aromatic rings. The van der Waals surface area contributed by atoms with Crippen LogP contribution in [0.4, 0.5) is 0 Å². The minimum absolute atomic E-state index is 0.357. The van der Waals surface area contributed by atoms with Crippen LogP contribution in [0.25, 0.3) is 0 Å². The molecule has 0 radical (unpaired) electrons. The molecule has 116 valence electrons. The van der Waals surface area contributed by atoms with Gasteiger partial charge in [-0.2, -0.15) is 0 Å². The van der Waals surface area contributed by atoms with Gasteiger partial charge in [-0.1, -0.05) is 56.5 Å². The lowest BCUT2D eigenvalue weighted by atomic mass is 9.65. The molecule has 0 bridgehead atoms. The third kappa shape index (κ3) is 3.34. The van der Waals surface area contributed by atoms with E-state index in [1.807, 2.05) is 0 Å². The van der Waals surface area contributed by atoms with Gasteiger partial charge in [0.2, 0.25) is 0 Å². The van der Waals surface area contributed by atoms with Crippen LogP contribution in [0.2, 0.25) is 0 Å². The van der Waals surface area contributed by atoms with Crippen LogP contribution in [0.1, 0.15) is 76.2 Å². The van der Waals surface area contributed by atoms with E-state index in [2.05, 4.69) is 37.3 Å². The van der Waals surface area contributed by atoms with Gasteiger partial charge in [0.15, 0.2) is 0 Å². The number of hydrogen-bond donors (Lipinski definition) is 1. The van der Waals surface area contributed by atoms with Gasteiger partial charge in [0.05, 0.1) is 5.60 Å². The number of aliphatic hydroxyl groups is 1. The van der Waals surface area contributed by atoms with Crippen LogP contribution in [0.15, 0.2) is 30.3 Å². The molecule has 0 aliphatic heterocycles. The van der Waals surface area contributed by atoms with E-state index in [0.29, 0.717) is 11.8 Å². The summed E-state index contributed by atoms with van der Waals surface area (Å²) in [5.74, 6) is 2.15. The van der Waals surface area contributed by atoms with Crippen molar-refractivity contribution in [3.05, 3.63) is 35.9 Å². The molecule has 0 spiro atoms. The molecule has 3 rings (SSSR count). The van der Waals surface area contributed by atoms with Crippen molar-refractivity contribution in [1.82, 2.24) is 0 Å². The van der Waals surface area contributed by atoms with Crippen molar-refractivity contribution >= 4 is 0 Å². The van der Waals surface area contributed by atoms with Crippen LogP contribution in [0.3, 0.4) is 0 Å². The maximum Gasteiger partial charge on any atom is 0.0676 e. The standard InChI is InChI=1S/C20H30O/c1-2-16-8-10-19(11-9-16)20(21)14-12-18(13-15-20)17-6-4-3-5-7-17/h3-7,16,18-19,21H,2,8-15H2,1H3. The van der Waals surface area contributed by atoms with E-state index in [-0.39, 0.29) is 5.60 Å². The minimum atomic E-state index is -0.357. The Balaban J connectivity index is 1.57. The minimum Gasteiger partial charge on any atom is -0.390 e. The molecule has 2 aliphatic rings. The van der Waals surface area contributed by atoms with Gasteiger partial charge in [0.1, 0.15) is 0 Å². The molecule has 0 saturated heterocycles. The van der Waals surface area contributed by atoms with Crippen LogP contribution >= 0.6 is 0 Å². The van der Waals surface area contributed by atoms with Crippen molar-refractivity contribution in [3.63, 3.8) is 0 Å². The molecule has 1 N–H and O–H groups in total. The highest BCUT2D eigenvalue weighted by Crippen LogP contribution is 2.46. The van der Waals surface area contributed by atoms with Gasteiger partial charge in [0.25, 0.3) is 0 Å². The van der Waals surface area contributed by atoms with Crippen molar-refractivity contribution in [2.45, 2.75) is 76.2 Å². The van der Waals surface area contributed by atoms with Gasteiger partial charge in [-0.15, -0.1) is 0 Å². The Morgan fingerprint density at radius 1 is 0.952 bits per heavy atom. The molecule has 0 unspecified atom stereocenters.